The SMILES string of the molecule is Cn1ccnc1CN1CCC(=O)NC2(CCCCC2)C1=O. The Hall–Kier alpha value is -1.85. The molecule has 2 heterocycles. The summed E-state index contributed by atoms with van der Waals surface area (Å²) in [6.07, 6.45) is 8.64. The predicted molar refractivity (Wildman–Crippen MR) is 77.2 cm³/mol. The molecule has 114 valence electrons. The van der Waals surface area contributed by atoms with Crippen LogP contribution >= 0.6 is 0 Å². The second kappa shape index (κ2) is 5.50. The molecule has 1 saturated carbocycles. The van der Waals surface area contributed by atoms with Crippen molar-refractivity contribution in [2.24, 2.45) is 7.05 Å². The summed E-state index contributed by atoms with van der Waals surface area (Å²) in [7, 11) is 1.92. The molecular formula is C15H22N4O2. The molecule has 21 heavy (non-hydrogen) atoms. The van der Waals surface area contributed by atoms with E-state index in [-0.39, 0.29) is 11.8 Å². The first kappa shape index (κ1) is 14.1. The molecule has 6 heteroatoms. The zero-order chi connectivity index (χ0) is 14.9. The van der Waals surface area contributed by atoms with Crippen molar-refractivity contribution >= 4 is 11.8 Å². The van der Waals surface area contributed by atoms with Crippen molar-refractivity contribution in [3.63, 3.8) is 0 Å². The Morgan fingerprint density at radius 1 is 1.29 bits per heavy atom. The molecule has 0 bridgehead atoms. The predicted octanol–water partition coefficient (Wildman–Crippen LogP) is 0.971. The number of hydrogen-bond acceptors (Lipinski definition) is 3. The van der Waals surface area contributed by atoms with Crippen LogP contribution in [0.2, 0.25) is 0 Å². The first-order chi connectivity index (χ1) is 10.1. The maximum Gasteiger partial charge on any atom is 0.248 e. The van der Waals surface area contributed by atoms with E-state index >= 15 is 0 Å². The summed E-state index contributed by atoms with van der Waals surface area (Å²) in [5.74, 6) is 0.910. The zero-order valence-electron chi connectivity index (χ0n) is 12.5. The van der Waals surface area contributed by atoms with Crippen LogP contribution in [-0.4, -0.2) is 38.3 Å². The normalized spacial score (nSPS) is 22.2. The fraction of sp³-hybridized carbons (Fsp3) is 0.667. The van der Waals surface area contributed by atoms with Crippen LogP contribution in [0.4, 0.5) is 0 Å². The lowest BCUT2D eigenvalue weighted by Gasteiger charge is -2.38. The van der Waals surface area contributed by atoms with E-state index in [1.807, 2.05) is 17.8 Å². The molecule has 2 fully saturated rings. The van der Waals surface area contributed by atoms with Crippen LogP contribution in [0.25, 0.3) is 0 Å². The van der Waals surface area contributed by atoms with E-state index in [1.165, 1.54) is 0 Å². The summed E-state index contributed by atoms with van der Waals surface area (Å²) in [6.45, 7) is 0.943. The molecule has 6 nitrogen and oxygen atoms in total. The maximum absolute atomic E-state index is 13.0. The van der Waals surface area contributed by atoms with E-state index in [0.717, 1.165) is 37.9 Å². The van der Waals surface area contributed by atoms with Gasteiger partial charge in [0, 0.05) is 32.4 Å². The molecule has 1 spiro atoms. The molecule has 1 aromatic rings. The van der Waals surface area contributed by atoms with Crippen LogP contribution < -0.4 is 5.32 Å². The van der Waals surface area contributed by atoms with Crippen molar-refractivity contribution in [2.75, 3.05) is 6.54 Å². The molecule has 0 atom stereocenters. The van der Waals surface area contributed by atoms with Crippen LogP contribution in [-0.2, 0) is 23.2 Å². The van der Waals surface area contributed by atoms with E-state index in [4.69, 9.17) is 0 Å². The Morgan fingerprint density at radius 2 is 2.05 bits per heavy atom. The summed E-state index contributed by atoms with van der Waals surface area (Å²) in [6, 6.07) is 0. The van der Waals surface area contributed by atoms with Crippen LogP contribution in [0.15, 0.2) is 12.4 Å². The van der Waals surface area contributed by atoms with Crippen molar-refractivity contribution in [3.8, 4) is 0 Å². The number of imidazole rings is 1. The molecule has 2 aliphatic rings. The zero-order valence-corrected chi connectivity index (χ0v) is 12.5. The molecule has 0 aromatic carbocycles. The quantitative estimate of drug-likeness (QED) is 0.882. The van der Waals surface area contributed by atoms with E-state index in [2.05, 4.69) is 10.3 Å². The number of nitrogens with zero attached hydrogens (tertiary/aromatic N) is 3. The minimum Gasteiger partial charge on any atom is -0.342 e. The van der Waals surface area contributed by atoms with Crippen molar-refractivity contribution in [1.82, 2.24) is 19.8 Å². The molecule has 1 aliphatic heterocycles. The van der Waals surface area contributed by atoms with Crippen LogP contribution in [0.5, 0.6) is 0 Å². The molecule has 0 unspecified atom stereocenters. The third-order valence-corrected chi connectivity index (χ3v) is 4.64. The Morgan fingerprint density at radius 3 is 2.71 bits per heavy atom. The van der Waals surface area contributed by atoms with Gasteiger partial charge >= 0.3 is 0 Å². The fourth-order valence-corrected chi connectivity index (χ4v) is 3.39. The topological polar surface area (TPSA) is 67.2 Å². The van der Waals surface area contributed by atoms with Crippen molar-refractivity contribution < 1.29 is 9.59 Å². The number of carbonyl (C=O) groups is 2. The van der Waals surface area contributed by atoms with E-state index in [9.17, 15) is 9.59 Å². The number of aromatic nitrogens is 2. The number of hydrogen-bond donors (Lipinski definition) is 1. The lowest BCUT2D eigenvalue weighted by molar-refractivity contribution is -0.141. The standard InChI is InChI=1S/C15H22N4O2/c1-18-10-8-16-12(18)11-19-9-5-13(20)17-15(14(19)21)6-3-2-4-7-15/h8,10H,2-7,9,11H2,1H3,(H,17,20). The van der Waals surface area contributed by atoms with Crippen LogP contribution in [0, 0.1) is 0 Å². The highest BCUT2D eigenvalue weighted by Crippen LogP contribution is 2.32. The average molecular weight is 290 g/mol. The smallest absolute Gasteiger partial charge is 0.248 e. The van der Waals surface area contributed by atoms with E-state index in [1.54, 1.807) is 11.1 Å². The molecule has 1 N–H and O–H groups in total. The first-order valence-corrected chi connectivity index (χ1v) is 7.67. The maximum atomic E-state index is 13.0. The Labute approximate surface area is 124 Å². The molecule has 0 radical (unpaired) electrons. The van der Waals surface area contributed by atoms with Gasteiger partial charge in [-0.25, -0.2) is 4.98 Å². The monoisotopic (exact) mass is 290 g/mol. The number of nitrogens with one attached hydrogen (secondary N) is 1. The van der Waals surface area contributed by atoms with Crippen LogP contribution in [0.3, 0.4) is 0 Å². The number of amides is 2. The Kier molecular flexibility index (Phi) is 3.69. The number of carbonyl (C=O) groups excluding carboxylic acids is 2. The first-order valence-electron chi connectivity index (χ1n) is 7.67. The summed E-state index contributed by atoms with van der Waals surface area (Å²) >= 11 is 0. The van der Waals surface area contributed by atoms with Crippen molar-refractivity contribution in [3.05, 3.63) is 18.2 Å². The van der Waals surface area contributed by atoms with Crippen molar-refractivity contribution in [2.45, 2.75) is 50.6 Å². The van der Waals surface area contributed by atoms with Gasteiger partial charge in [-0.2, -0.15) is 0 Å². The van der Waals surface area contributed by atoms with Gasteiger partial charge in [-0.05, 0) is 12.8 Å². The van der Waals surface area contributed by atoms with Gasteiger partial charge in [0.25, 0.3) is 0 Å². The summed E-state index contributed by atoms with van der Waals surface area (Å²) < 4.78 is 1.92. The highest BCUT2D eigenvalue weighted by molar-refractivity contribution is 5.93. The summed E-state index contributed by atoms with van der Waals surface area (Å²) in [5.41, 5.74) is -0.670. The second-order valence-corrected chi connectivity index (χ2v) is 6.12. The highest BCUT2D eigenvalue weighted by Gasteiger charge is 2.45. The Balaban J connectivity index is 1.84. The highest BCUT2D eigenvalue weighted by atomic mass is 16.2. The van der Waals surface area contributed by atoms with Gasteiger partial charge in [0.2, 0.25) is 11.8 Å². The van der Waals surface area contributed by atoms with Crippen molar-refractivity contribution in [1.29, 1.82) is 0 Å². The minimum atomic E-state index is -0.670. The molecule has 2 amide bonds. The summed E-state index contributed by atoms with van der Waals surface area (Å²) in [5, 5.41) is 3.01. The van der Waals surface area contributed by atoms with Gasteiger partial charge in [0.15, 0.2) is 0 Å². The van der Waals surface area contributed by atoms with Gasteiger partial charge in [-0.3, -0.25) is 9.59 Å². The molecule has 3 rings (SSSR count). The largest absolute Gasteiger partial charge is 0.342 e. The third kappa shape index (κ3) is 2.66. The Bertz CT molecular complexity index is 546. The number of aryl methyl sites for hydroxylation is 1. The number of rotatable bonds is 2. The average Bonchev–Trinajstić information content (AvgIpc) is 2.84. The van der Waals surface area contributed by atoms with Gasteiger partial charge < -0.3 is 14.8 Å². The van der Waals surface area contributed by atoms with E-state index < -0.39 is 5.54 Å². The molecule has 1 saturated heterocycles. The molecular weight excluding hydrogens is 268 g/mol. The van der Waals surface area contributed by atoms with Gasteiger partial charge in [-0.15, -0.1) is 0 Å². The minimum absolute atomic E-state index is 0.00686. The van der Waals surface area contributed by atoms with Gasteiger partial charge in [0.1, 0.15) is 11.4 Å². The lowest BCUT2D eigenvalue weighted by Crippen LogP contribution is -2.58. The third-order valence-electron chi connectivity index (χ3n) is 4.64. The molecule has 1 aromatic heterocycles. The second-order valence-electron chi connectivity index (χ2n) is 6.12. The lowest BCUT2D eigenvalue weighted by atomic mass is 9.80. The van der Waals surface area contributed by atoms with Crippen LogP contribution in [0.1, 0.15) is 44.3 Å². The summed E-state index contributed by atoms with van der Waals surface area (Å²) in [4.78, 5) is 31.1. The van der Waals surface area contributed by atoms with E-state index in [0.29, 0.717) is 19.5 Å². The molecule has 1 aliphatic carbocycles. The van der Waals surface area contributed by atoms with Gasteiger partial charge in [-0.1, -0.05) is 19.3 Å². The van der Waals surface area contributed by atoms with Gasteiger partial charge in [0.05, 0.1) is 6.54 Å². The fourth-order valence-electron chi connectivity index (χ4n) is 3.39.